The first-order chi connectivity index (χ1) is 18.4. The molecule has 10 heteroatoms. The highest BCUT2D eigenvalue weighted by molar-refractivity contribution is 7.99. The van der Waals surface area contributed by atoms with E-state index in [9.17, 15) is 9.59 Å². The van der Waals surface area contributed by atoms with Crippen LogP contribution in [0.15, 0.2) is 76.5 Å². The zero-order valence-electron chi connectivity index (χ0n) is 21.5. The van der Waals surface area contributed by atoms with Gasteiger partial charge in [0.05, 0.1) is 24.8 Å². The number of aryl methyl sites for hydroxylation is 1. The summed E-state index contributed by atoms with van der Waals surface area (Å²) >= 11 is 1.34. The minimum atomic E-state index is -0.103. The van der Waals surface area contributed by atoms with Crippen molar-refractivity contribution in [2.75, 3.05) is 32.5 Å². The van der Waals surface area contributed by atoms with Gasteiger partial charge in [0.1, 0.15) is 5.75 Å². The lowest BCUT2D eigenvalue weighted by molar-refractivity contribution is -0.130. The van der Waals surface area contributed by atoms with Crippen molar-refractivity contribution < 1.29 is 18.7 Å². The molecule has 0 aliphatic carbocycles. The van der Waals surface area contributed by atoms with Gasteiger partial charge in [-0.2, -0.15) is 0 Å². The highest BCUT2D eigenvalue weighted by atomic mass is 32.2. The van der Waals surface area contributed by atoms with Crippen LogP contribution in [0.1, 0.15) is 22.8 Å². The molecular weight excluding hydrogens is 502 g/mol. The summed E-state index contributed by atoms with van der Waals surface area (Å²) < 4.78 is 12.7. The second-order valence-corrected chi connectivity index (χ2v) is 10.1. The molecule has 1 unspecified atom stereocenters. The predicted molar refractivity (Wildman–Crippen MR) is 145 cm³/mol. The molecule has 5 rings (SSSR count). The van der Waals surface area contributed by atoms with E-state index in [2.05, 4.69) is 10.2 Å². The van der Waals surface area contributed by atoms with E-state index >= 15 is 0 Å². The van der Waals surface area contributed by atoms with Crippen molar-refractivity contribution in [2.24, 2.45) is 0 Å². The number of nitrogens with zero attached hydrogens (tertiary/aromatic N) is 5. The van der Waals surface area contributed by atoms with Crippen molar-refractivity contribution in [3.05, 3.63) is 78.1 Å². The van der Waals surface area contributed by atoms with Crippen LogP contribution in [-0.4, -0.2) is 74.9 Å². The third-order valence-electron chi connectivity index (χ3n) is 6.54. The van der Waals surface area contributed by atoms with Crippen LogP contribution in [0.4, 0.5) is 0 Å². The molecule has 9 nitrogen and oxygen atoms in total. The fraction of sp³-hybridized carbons (Fsp3) is 0.286. The molecule has 0 N–H and O–H groups in total. The molecule has 1 saturated heterocycles. The van der Waals surface area contributed by atoms with E-state index in [-0.39, 0.29) is 23.6 Å². The number of thioether (sulfide) groups is 1. The second-order valence-electron chi connectivity index (χ2n) is 9.16. The van der Waals surface area contributed by atoms with Gasteiger partial charge in [-0.1, -0.05) is 23.9 Å². The van der Waals surface area contributed by atoms with Crippen LogP contribution < -0.4 is 4.74 Å². The molecular formula is C28H29N5O4S. The highest BCUT2D eigenvalue weighted by Crippen LogP contribution is 2.29. The normalized spacial score (nSPS) is 15.5. The summed E-state index contributed by atoms with van der Waals surface area (Å²) in [5.74, 6) is 2.05. The molecule has 0 spiro atoms. The second kappa shape index (κ2) is 11.1. The Morgan fingerprint density at radius 3 is 2.58 bits per heavy atom. The van der Waals surface area contributed by atoms with Crippen molar-refractivity contribution in [3.8, 4) is 23.0 Å². The Morgan fingerprint density at radius 1 is 1.08 bits per heavy atom. The van der Waals surface area contributed by atoms with E-state index in [1.54, 1.807) is 43.7 Å². The lowest BCUT2D eigenvalue weighted by Crippen LogP contribution is -2.55. The number of amides is 2. The number of benzene rings is 2. The number of furan rings is 1. The molecule has 2 aromatic heterocycles. The van der Waals surface area contributed by atoms with Crippen molar-refractivity contribution in [1.29, 1.82) is 0 Å². The standard InChI is InChI=1S/C28H29N5O4S/c1-19-6-4-7-22(16-19)33-26(24-8-5-15-37-24)29-30-28(33)38-18-25(34)31-13-14-32(20(2)17-31)27(35)21-9-11-23(36-3)12-10-21/h4-12,15-16,20H,13-14,17-18H2,1-3H3. The van der Waals surface area contributed by atoms with Crippen LogP contribution in [0, 0.1) is 6.92 Å². The maximum atomic E-state index is 13.2. The molecule has 0 radical (unpaired) electrons. The fourth-order valence-electron chi connectivity index (χ4n) is 4.53. The van der Waals surface area contributed by atoms with Gasteiger partial charge < -0.3 is 19.0 Å². The monoisotopic (exact) mass is 531 g/mol. The number of carbonyl (C=O) groups excluding carboxylic acids is 2. The quantitative estimate of drug-likeness (QED) is 0.328. The number of hydrogen-bond acceptors (Lipinski definition) is 7. The van der Waals surface area contributed by atoms with Crippen LogP contribution >= 0.6 is 11.8 Å². The van der Waals surface area contributed by atoms with Gasteiger partial charge in [-0.15, -0.1) is 10.2 Å². The number of ether oxygens (including phenoxy) is 1. The number of carbonyl (C=O) groups is 2. The smallest absolute Gasteiger partial charge is 0.254 e. The summed E-state index contributed by atoms with van der Waals surface area (Å²) in [7, 11) is 1.60. The molecule has 0 bridgehead atoms. The fourth-order valence-corrected chi connectivity index (χ4v) is 5.39. The van der Waals surface area contributed by atoms with Crippen molar-refractivity contribution in [2.45, 2.75) is 25.0 Å². The molecule has 196 valence electrons. The number of hydrogen-bond donors (Lipinski definition) is 0. The Balaban J connectivity index is 1.26. The lowest BCUT2D eigenvalue weighted by Gasteiger charge is -2.40. The molecule has 3 heterocycles. The first-order valence-electron chi connectivity index (χ1n) is 12.4. The minimum Gasteiger partial charge on any atom is -0.497 e. The summed E-state index contributed by atoms with van der Waals surface area (Å²) in [6.45, 7) is 5.43. The van der Waals surface area contributed by atoms with Crippen LogP contribution in [0.5, 0.6) is 5.75 Å². The number of piperazine rings is 1. The average molecular weight is 532 g/mol. The molecule has 1 fully saturated rings. The molecule has 1 aliphatic rings. The van der Waals surface area contributed by atoms with Gasteiger partial charge in [-0.05, 0) is 67.9 Å². The SMILES string of the molecule is COc1ccc(C(=O)N2CCN(C(=O)CSc3nnc(-c4ccco4)n3-c3cccc(C)c3)CC2C)cc1. The zero-order chi connectivity index (χ0) is 26.6. The highest BCUT2D eigenvalue weighted by Gasteiger charge is 2.30. The van der Waals surface area contributed by atoms with E-state index in [1.807, 2.05) is 58.5 Å². The lowest BCUT2D eigenvalue weighted by atomic mass is 10.1. The van der Waals surface area contributed by atoms with E-state index in [4.69, 9.17) is 9.15 Å². The van der Waals surface area contributed by atoms with Gasteiger partial charge in [0.2, 0.25) is 11.7 Å². The predicted octanol–water partition coefficient (Wildman–Crippen LogP) is 4.31. The Kier molecular flexibility index (Phi) is 7.50. The van der Waals surface area contributed by atoms with Gasteiger partial charge in [0.25, 0.3) is 5.91 Å². The maximum Gasteiger partial charge on any atom is 0.254 e. The summed E-state index contributed by atoms with van der Waals surface area (Å²) in [6.07, 6.45) is 1.60. The molecule has 4 aromatic rings. The van der Waals surface area contributed by atoms with Crippen molar-refractivity contribution >= 4 is 23.6 Å². The molecule has 1 aliphatic heterocycles. The summed E-state index contributed by atoms with van der Waals surface area (Å²) in [5, 5.41) is 9.34. The first-order valence-corrected chi connectivity index (χ1v) is 13.3. The maximum absolute atomic E-state index is 13.2. The van der Waals surface area contributed by atoms with Crippen LogP contribution in [0.25, 0.3) is 17.3 Å². The van der Waals surface area contributed by atoms with E-state index in [1.165, 1.54) is 11.8 Å². The third-order valence-corrected chi connectivity index (χ3v) is 7.45. The van der Waals surface area contributed by atoms with Crippen LogP contribution in [-0.2, 0) is 4.79 Å². The summed E-state index contributed by atoms with van der Waals surface area (Å²) in [4.78, 5) is 29.9. The molecule has 1 atom stereocenters. The number of aromatic nitrogens is 3. The van der Waals surface area contributed by atoms with Gasteiger partial charge in [-0.25, -0.2) is 0 Å². The van der Waals surface area contributed by atoms with Gasteiger partial charge in [0.15, 0.2) is 10.9 Å². The molecule has 38 heavy (non-hydrogen) atoms. The van der Waals surface area contributed by atoms with Gasteiger partial charge >= 0.3 is 0 Å². The topological polar surface area (TPSA) is 93.7 Å². The largest absolute Gasteiger partial charge is 0.497 e. The van der Waals surface area contributed by atoms with Gasteiger partial charge in [0, 0.05) is 31.2 Å². The van der Waals surface area contributed by atoms with Crippen molar-refractivity contribution in [3.63, 3.8) is 0 Å². The van der Waals surface area contributed by atoms with E-state index < -0.39 is 0 Å². The average Bonchev–Trinajstić information content (AvgIpc) is 3.61. The summed E-state index contributed by atoms with van der Waals surface area (Å²) in [6, 6.07) is 18.7. The summed E-state index contributed by atoms with van der Waals surface area (Å²) in [5.41, 5.74) is 2.61. The number of rotatable bonds is 7. The molecule has 2 aromatic carbocycles. The van der Waals surface area contributed by atoms with Crippen molar-refractivity contribution in [1.82, 2.24) is 24.6 Å². The Bertz CT molecular complexity index is 1420. The number of methoxy groups -OCH3 is 1. The van der Waals surface area contributed by atoms with Crippen LogP contribution in [0.3, 0.4) is 0 Å². The van der Waals surface area contributed by atoms with Crippen LogP contribution in [0.2, 0.25) is 0 Å². The van der Waals surface area contributed by atoms with E-state index in [0.717, 1.165) is 11.3 Å². The Morgan fingerprint density at radius 2 is 1.89 bits per heavy atom. The zero-order valence-corrected chi connectivity index (χ0v) is 22.4. The minimum absolute atomic E-state index is 0.00302. The third kappa shape index (κ3) is 5.31. The van der Waals surface area contributed by atoms with Gasteiger partial charge in [-0.3, -0.25) is 14.2 Å². The molecule has 2 amide bonds. The first kappa shape index (κ1) is 25.6. The Labute approximate surface area is 225 Å². The molecule has 0 saturated carbocycles. The van der Waals surface area contributed by atoms with E-state index in [0.29, 0.717) is 47.7 Å². The Hall–Kier alpha value is -4.05.